The van der Waals surface area contributed by atoms with Crippen LogP contribution in [0.2, 0.25) is 0 Å². The van der Waals surface area contributed by atoms with Crippen LogP contribution in [0, 0.1) is 5.92 Å². The smallest absolute Gasteiger partial charge is 0.391 e. The van der Waals surface area contributed by atoms with Gasteiger partial charge in [0.1, 0.15) is 5.76 Å². The molecule has 1 aromatic rings. The zero-order valence-electron chi connectivity index (χ0n) is 13.7. The molecule has 1 aliphatic rings. The Labute approximate surface area is 160 Å². The van der Waals surface area contributed by atoms with Crippen molar-refractivity contribution in [1.82, 2.24) is 10.6 Å². The number of primary amides is 1. The summed E-state index contributed by atoms with van der Waals surface area (Å²) < 4.78 is 43.8. The van der Waals surface area contributed by atoms with Crippen LogP contribution in [0.1, 0.15) is 42.0 Å². The van der Waals surface area contributed by atoms with Crippen LogP contribution in [-0.4, -0.2) is 31.1 Å². The molecule has 142 valence electrons. The van der Waals surface area contributed by atoms with Crippen LogP contribution in [0.25, 0.3) is 0 Å². The van der Waals surface area contributed by atoms with Gasteiger partial charge in [0.05, 0.1) is 12.5 Å². The van der Waals surface area contributed by atoms with Gasteiger partial charge in [-0.15, -0.1) is 24.0 Å². The van der Waals surface area contributed by atoms with Crippen LogP contribution in [0.3, 0.4) is 0 Å². The Kier molecular flexibility index (Phi) is 8.03. The molecule has 0 radical (unpaired) electrons. The molecular weight excluding hydrogens is 452 g/mol. The van der Waals surface area contributed by atoms with Gasteiger partial charge in [-0.2, -0.15) is 13.2 Å². The van der Waals surface area contributed by atoms with Crippen molar-refractivity contribution >= 4 is 35.8 Å². The molecule has 1 heterocycles. The third-order valence-corrected chi connectivity index (χ3v) is 4.04. The van der Waals surface area contributed by atoms with Crippen molar-refractivity contribution in [2.75, 3.05) is 7.05 Å². The van der Waals surface area contributed by atoms with Crippen molar-refractivity contribution in [3.63, 3.8) is 0 Å². The molecule has 0 aromatic carbocycles. The number of nitrogens with one attached hydrogen (secondary N) is 2. The number of guanidine groups is 1. The summed E-state index contributed by atoms with van der Waals surface area (Å²) in [7, 11) is 1.54. The van der Waals surface area contributed by atoms with Crippen molar-refractivity contribution in [1.29, 1.82) is 0 Å². The molecule has 6 nitrogen and oxygen atoms in total. The maximum absolute atomic E-state index is 12.8. The van der Waals surface area contributed by atoms with Gasteiger partial charge in [0.15, 0.2) is 11.7 Å². The molecule has 1 aliphatic carbocycles. The summed E-state index contributed by atoms with van der Waals surface area (Å²) >= 11 is 0. The molecular formula is C15H22F3IN4O2. The highest BCUT2D eigenvalue weighted by Crippen LogP contribution is 2.37. The summed E-state index contributed by atoms with van der Waals surface area (Å²) in [6.07, 6.45) is -2.75. The van der Waals surface area contributed by atoms with Crippen LogP contribution >= 0.6 is 24.0 Å². The monoisotopic (exact) mass is 474 g/mol. The fourth-order valence-corrected chi connectivity index (χ4v) is 2.78. The van der Waals surface area contributed by atoms with Crippen LogP contribution < -0.4 is 16.4 Å². The lowest BCUT2D eigenvalue weighted by Gasteiger charge is -2.31. The number of carbonyl (C=O) groups is 1. The number of aliphatic imine (C=N–C) groups is 1. The van der Waals surface area contributed by atoms with E-state index in [9.17, 15) is 18.0 Å². The molecule has 1 saturated carbocycles. The molecule has 1 fully saturated rings. The molecule has 1 amide bonds. The Hall–Kier alpha value is -1.46. The van der Waals surface area contributed by atoms with Crippen LogP contribution in [-0.2, 0) is 6.54 Å². The number of rotatable bonds is 4. The largest absolute Gasteiger partial charge is 0.454 e. The molecule has 0 spiro atoms. The van der Waals surface area contributed by atoms with Gasteiger partial charge in [-0.1, -0.05) is 6.42 Å². The minimum absolute atomic E-state index is 0. The van der Waals surface area contributed by atoms with Gasteiger partial charge in [-0.05, 0) is 31.4 Å². The zero-order chi connectivity index (χ0) is 17.7. The molecule has 0 bridgehead atoms. The first kappa shape index (κ1) is 21.6. The first-order chi connectivity index (χ1) is 11.3. The standard InChI is InChI=1S/C15H21F3N4O2.HI/c1-20-14(21-8-11-5-6-12(24-11)13(19)23)22-10-4-2-3-9(7-10)15(16,17)18;/h5-6,9-10H,2-4,7-8H2,1H3,(H2,19,23)(H2,20,21,22);1H. The normalized spacial score (nSPS) is 21.4. The van der Waals surface area contributed by atoms with Crippen molar-refractivity contribution in [2.24, 2.45) is 16.6 Å². The van der Waals surface area contributed by atoms with Gasteiger partial charge in [-0.3, -0.25) is 9.79 Å². The lowest BCUT2D eigenvalue weighted by Crippen LogP contribution is -2.46. The van der Waals surface area contributed by atoms with Gasteiger partial charge in [0.25, 0.3) is 5.91 Å². The quantitative estimate of drug-likeness (QED) is 0.356. The van der Waals surface area contributed by atoms with Crippen LogP contribution in [0.5, 0.6) is 0 Å². The summed E-state index contributed by atoms with van der Waals surface area (Å²) in [5.74, 6) is -1.02. The number of nitrogens with two attached hydrogens (primary N) is 1. The number of hydrogen-bond acceptors (Lipinski definition) is 3. The lowest BCUT2D eigenvalue weighted by molar-refractivity contribution is -0.183. The molecule has 25 heavy (non-hydrogen) atoms. The Balaban J connectivity index is 0.00000312. The van der Waals surface area contributed by atoms with E-state index < -0.39 is 18.0 Å². The Morgan fingerprint density at radius 2 is 2.12 bits per heavy atom. The molecule has 0 aliphatic heterocycles. The number of alkyl halides is 3. The molecule has 10 heteroatoms. The molecule has 1 aromatic heterocycles. The van der Waals surface area contributed by atoms with Gasteiger partial charge in [0.2, 0.25) is 0 Å². The van der Waals surface area contributed by atoms with Gasteiger partial charge in [0, 0.05) is 13.1 Å². The summed E-state index contributed by atoms with van der Waals surface area (Å²) in [6, 6.07) is 2.78. The first-order valence-electron chi connectivity index (χ1n) is 7.72. The van der Waals surface area contributed by atoms with E-state index in [2.05, 4.69) is 15.6 Å². The second-order valence-corrected chi connectivity index (χ2v) is 5.80. The second-order valence-electron chi connectivity index (χ2n) is 5.80. The van der Waals surface area contributed by atoms with Crippen molar-refractivity contribution in [3.8, 4) is 0 Å². The molecule has 2 atom stereocenters. The SMILES string of the molecule is CN=C(NCc1ccc(C(N)=O)o1)NC1CCCC(C(F)(F)F)C1.I. The molecule has 2 unspecified atom stereocenters. The van der Waals surface area contributed by atoms with Gasteiger partial charge in [-0.25, -0.2) is 0 Å². The fraction of sp³-hybridized carbons (Fsp3) is 0.600. The summed E-state index contributed by atoms with van der Waals surface area (Å²) in [5.41, 5.74) is 5.10. The maximum Gasteiger partial charge on any atom is 0.391 e. The van der Waals surface area contributed by atoms with E-state index in [1.807, 2.05) is 0 Å². The second kappa shape index (κ2) is 9.30. The predicted octanol–water partition coefficient (Wildman–Crippen LogP) is 2.78. The van der Waals surface area contributed by atoms with Gasteiger partial charge >= 0.3 is 6.18 Å². The van der Waals surface area contributed by atoms with E-state index in [-0.39, 0.29) is 55.2 Å². The minimum Gasteiger partial charge on any atom is -0.454 e. The number of nitrogens with zero attached hydrogens (tertiary/aromatic N) is 1. The third-order valence-electron chi connectivity index (χ3n) is 4.04. The lowest BCUT2D eigenvalue weighted by atomic mass is 9.85. The predicted molar refractivity (Wildman–Crippen MR) is 97.8 cm³/mol. The van der Waals surface area contributed by atoms with Crippen molar-refractivity contribution in [2.45, 2.75) is 44.4 Å². The van der Waals surface area contributed by atoms with Crippen LogP contribution in [0.4, 0.5) is 13.2 Å². The fourth-order valence-electron chi connectivity index (χ4n) is 2.78. The average molecular weight is 474 g/mol. The van der Waals surface area contributed by atoms with E-state index in [0.29, 0.717) is 24.6 Å². The summed E-state index contributed by atoms with van der Waals surface area (Å²) in [6.45, 7) is 0.238. The molecule has 2 rings (SSSR count). The summed E-state index contributed by atoms with van der Waals surface area (Å²) in [5, 5.41) is 5.96. The Morgan fingerprint density at radius 1 is 1.40 bits per heavy atom. The van der Waals surface area contributed by atoms with E-state index >= 15 is 0 Å². The first-order valence-corrected chi connectivity index (χ1v) is 7.72. The van der Waals surface area contributed by atoms with E-state index in [0.717, 1.165) is 0 Å². The number of carbonyl (C=O) groups excluding carboxylic acids is 1. The average Bonchev–Trinajstić information content (AvgIpc) is 3.00. The number of amides is 1. The van der Waals surface area contributed by atoms with Crippen molar-refractivity contribution in [3.05, 3.63) is 23.7 Å². The minimum atomic E-state index is -4.16. The Bertz CT molecular complexity index is 604. The molecule has 4 N–H and O–H groups in total. The van der Waals surface area contributed by atoms with E-state index in [1.165, 1.54) is 13.1 Å². The van der Waals surface area contributed by atoms with Gasteiger partial charge < -0.3 is 20.8 Å². The van der Waals surface area contributed by atoms with E-state index in [1.54, 1.807) is 6.07 Å². The van der Waals surface area contributed by atoms with Crippen LogP contribution in [0.15, 0.2) is 21.5 Å². The number of furan rings is 1. The molecule has 0 saturated heterocycles. The summed E-state index contributed by atoms with van der Waals surface area (Å²) in [4.78, 5) is 15.0. The number of hydrogen-bond donors (Lipinski definition) is 3. The topological polar surface area (TPSA) is 92.6 Å². The third kappa shape index (κ3) is 6.40. The van der Waals surface area contributed by atoms with Crippen molar-refractivity contribution < 1.29 is 22.4 Å². The highest BCUT2D eigenvalue weighted by Gasteiger charge is 2.42. The zero-order valence-corrected chi connectivity index (χ0v) is 16.1. The Morgan fingerprint density at radius 3 is 2.68 bits per heavy atom. The highest BCUT2D eigenvalue weighted by atomic mass is 127. The maximum atomic E-state index is 12.8. The number of halogens is 4. The van der Waals surface area contributed by atoms with E-state index in [4.69, 9.17) is 10.2 Å². The highest BCUT2D eigenvalue weighted by molar-refractivity contribution is 14.0.